The first-order valence-corrected chi connectivity index (χ1v) is 9.32. The quantitative estimate of drug-likeness (QED) is 0.655. The number of hydrogen-bond acceptors (Lipinski definition) is 5. The van der Waals surface area contributed by atoms with Crippen LogP contribution in [0.4, 0.5) is 0 Å². The number of nitrogens with one attached hydrogen (secondary N) is 2. The average Bonchev–Trinajstić information content (AvgIpc) is 3.17. The van der Waals surface area contributed by atoms with Crippen molar-refractivity contribution in [1.29, 1.82) is 0 Å². The molecule has 1 aliphatic heterocycles. The number of aromatic nitrogens is 4. The second-order valence-electron chi connectivity index (χ2n) is 7.08. The third kappa shape index (κ3) is 2.90. The van der Waals surface area contributed by atoms with Gasteiger partial charge in [0.25, 0.3) is 5.56 Å². The van der Waals surface area contributed by atoms with Gasteiger partial charge in [0, 0.05) is 39.8 Å². The summed E-state index contributed by atoms with van der Waals surface area (Å²) >= 11 is 0. The van der Waals surface area contributed by atoms with E-state index >= 15 is 0 Å². The van der Waals surface area contributed by atoms with Gasteiger partial charge in [0.15, 0.2) is 5.65 Å². The van der Waals surface area contributed by atoms with Crippen LogP contribution in [0.15, 0.2) is 52.6 Å². The number of hydrogen-bond donors (Lipinski definition) is 2. The molecule has 0 bridgehead atoms. The highest BCUT2D eigenvalue weighted by Crippen LogP contribution is 2.31. The van der Waals surface area contributed by atoms with Crippen LogP contribution in [0, 0.1) is 0 Å². The second-order valence-corrected chi connectivity index (χ2v) is 7.08. The maximum atomic E-state index is 12.5. The number of rotatable bonds is 4. The Bertz CT molecular complexity index is 1130. The summed E-state index contributed by atoms with van der Waals surface area (Å²) in [5, 5.41) is 3.45. The van der Waals surface area contributed by atoms with Gasteiger partial charge in [0.1, 0.15) is 11.3 Å². The normalized spacial score (nSPS) is 19.0. The van der Waals surface area contributed by atoms with Crippen molar-refractivity contribution < 1.29 is 0 Å². The molecule has 2 unspecified atom stereocenters. The van der Waals surface area contributed by atoms with E-state index in [2.05, 4.69) is 38.9 Å². The predicted octanol–water partition coefficient (Wildman–Crippen LogP) is 0.834. The molecule has 0 aliphatic carbocycles. The molecule has 1 aromatic carbocycles. The molecule has 3 aromatic rings. The highest BCUT2D eigenvalue weighted by atomic mass is 16.2. The van der Waals surface area contributed by atoms with Gasteiger partial charge in [-0.05, 0) is 5.56 Å². The molecule has 2 aromatic heterocycles. The maximum absolute atomic E-state index is 12.5. The molecule has 8 nitrogen and oxygen atoms in total. The Hall–Kier alpha value is -2.97. The van der Waals surface area contributed by atoms with Crippen molar-refractivity contribution in [3.63, 3.8) is 0 Å². The van der Waals surface area contributed by atoms with E-state index in [4.69, 9.17) is 0 Å². The number of aryl methyl sites for hydroxylation is 1. The summed E-state index contributed by atoms with van der Waals surface area (Å²) < 4.78 is 2.48. The molecule has 28 heavy (non-hydrogen) atoms. The first-order chi connectivity index (χ1) is 13.5. The SMILES string of the molecule is C=CC(c1nc2c([nH]1)c(=O)n(C)c(=O)n2C)N1CCNCC1c1ccccc1. The molecule has 1 aliphatic rings. The highest BCUT2D eigenvalue weighted by Gasteiger charge is 2.31. The zero-order valence-corrected chi connectivity index (χ0v) is 16.1. The molecule has 0 amide bonds. The maximum Gasteiger partial charge on any atom is 0.332 e. The first kappa shape index (κ1) is 18.4. The van der Waals surface area contributed by atoms with E-state index in [9.17, 15) is 9.59 Å². The zero-order chi connectivity index (χ0) is 19.8. The minimum Gasteiger partial charge on any atom is -0.334 e. The molecule has 0 saturated carbocycles. The molecular weight excluding hydrogens is 356 g/mol. The number of benzene rings is 1. The van der Waals surface area contributed by atoms with Gasteiger partial charge in [-0.2, -0.15) is 0 Å². The Labute approximate surface area is 162 Å². The fourth-order valence-corrected chi connectivity index (χ4v) is 3.93. The molecule has 1 fully saturated rings. The van der Waals surface area contributed by atoms with Gasteiger partial charge in [0.2, 0.25) is 0 Å². The van der Waals surface area contributed by atoms with Crippen molar-refractivity contribution in [3.05, 3.63) is 75.2 Å². The summed E-state index contributed by atoms with van der Waals surface area (Å²) in [7, 11) is 3.09. The lowest BCUT2D eigenvalue weighted by molar-refractivity contribution is 0.125. The van der Waals surface area contributed by atoms with Crippen molar-refractivity contribution >= 4 is 11.2 Å². The van der Waals surface area contributed by atoms with Crippen LogP contribution in [0.3, 0.4) is 0 Å². The van der Waals surface area contributed by atoms with Crippen LogP contribution in [0.5, 0.6) is 0 Å². The monoisotopic (exact) mass is 380 g/mol. The van der Waals surface area contributed by atoms with Gasteiger partial charge in [-0.15, -0.1) is 6.58 Å². The molecule has 0 spiro atoms. The van der Waals surface area contributed by atoms with Gasteiger partial charge >= 0.3 is 5.69 Å². The van der Waals surface area contributed by atoms with E-state index in [0.29, 0.717) is 17.0 Å². The minimum atomic E-state index is -0.393. The number of piperazine rings is 1. The summed E-state index contributed by atoms with van der Waals surface area (Å²) in [5.74, 6) is 0.617. The van der Waals surface area contributed by atoms with E-state index in [-0.39, 0.29) is 17.6 Å². The molecular formula is C20H24N6O2. The van der Waals surface area contributed by atoms with Gasteiger partial charge in [0.05, 0.1) is 6.04 Å². The molecule has 3 heterocycles. The lowest BCUT2D eigenvalue weighted by Crippen LogP contribution is -2.47. The van der Waals surface area contributed by atoms with Crippen molar-refractivity contribution in [2.24, 2.45) is 14.1 Å². The predicted molar refractivity (Wildman–Crippen MR) is 108 cm³/mol. The Kier molecular flexibility index (Phi) is 4.74. The van der Waals surface area contributed by atoms with Crippen LogP contribution in [-0.4, -0.2) is 43.6 Å². The molecule has 1 saturated heterocycles. The van der Waals surface area contributed by atoms with Gasteiger partial charge in [-0.25, -0.2) is 9.78 Å². The topological polar surface area (TPSA) is 88.0 Å². The highest BCUT2D eigenvalue weighted by molar-refractivity contribution is 5.69. The van der Waals surface area contributed by atoms with Gasteiger partial charge < -0.3 is 10.3 Å². The number of fused-ring (bicyclic) bond motifs is 1. The Morgan fingerprint density at radius 3 is 2.68 bits per heavy atom. The van der Waals surface area contributed by atoms with Gasteiger partial charge in [-0.1, -0.05) is 36.4 Å². The fourth-order valence-electron chi connectivity index (χ4n) is 3.93. The summed E-state index contributed by atoms with van der Waals surface area (Å²) in [5.41, 5.74) is 1.13. The number of H-pyrrole nitrogens is 1. The third-order valence-corrected chi connectivity index (χ3v) is 5.44. The Morgan fingerprint density at radius 1 is 1.21 bits per heavy atom. The minimum absolute atomic E-state index is 0.151. The standard InChI is InChI=1S/C20H24N6O2/c1-4-14(26-11-10-21-12-15(26)13-8-6-5-7-9-13)17-22-16-18(23-17)24(2)20(28)25(3)19(16)27/h4-9,14-15,21H,1,10-12H2,2-3H3,(H,22,23). The van der Waals surface area contributed by atoms with E-state index in [1.165, 1.54) is 17.2 Å². The number of aromatic amines is 1. The lowest BCUT2D eigenvalue weighted by Gasteiger charge is -2.40. The van der Waals surface area contributed by atoms with E-state index in [1.54, 1.807) is 7.05 Å². The smallest absolute Gasteiger partial charge is 0.332 e. The lowest BCUT2D eigenvalue weighted by atomic mass is 10.0. The number of nitrogens with zero attached hydrogens (tertiary/aromatic N) is 4. The van der Waals surface area contributed by atoms with Crippen molar-refractivity contribution in [3.8, 4) is 0 Å². The summed E-state index contributed by atoms with van der Waals surface area (Å²) in [6.45, 7) is 6.50. The molecule has 2 N–H and O–H groups in total. The summed E-state index contributed by atoms with van der Waals surface area (Å²) in [6, 6.07) is 10.2. The molecule has 0 radical (unpaired) electrons. The van der Waals surface area contributed by atoms with Crippen LogP contribution < -0.4 is 16.6 Å². The summed E-state index contributed by atoms with van der Waals surface area (Å²) in [6.07, 6.45) is 1.83. The van der Waals surface area contributed by atoms with Crippen molar-refractivity contribution in [2.45, 2.75) is 12.1 Å². The number of imidazole rings is 1. The first-order valence-electron chi connectivity index (χ1n) is 9.32. The third-order valence-electron chi connectivity index (χ3n) is 5.44. The molecule has 2 atom stereocenters. The van der Waals surface area contributed by atoms with Gasteiger partial charge in [-0.3, -0.25) is 18.8 Å². The second kappa shape index (κ2) is 7.21. The zero-order valence-electron chi connectivity index (χ0n) is 16.1. The molecule has 146 valence electrons. The largest absolute Gasteiger partial charge is 0.334 e. The van der Waals surface area contributed by atoms with Crippen LogP contribution in [0.2, 0.25) is 0 Å². The Morgan fingerprint density at radius 2 is 1.96 bits per heavy atom. The summed E-state index contributed by atoms with van der Waals surface area (Å²) in [4.78, 5) is 34.8. The fraction of sp³-hybridized carbons (Fsp3) is 0.350. The van der Waals surface area contributed by atoms with Crippen LogP contribution >= 0.6 is 0 Å². The average molecular weight is 380 g/mol. The van der Waals surface area contributed by atoms with Crippen molar-refractivity contribution in [2.75, 3.05) is 19.6 Å². The Balaban J connectivity index is 1.81. The van der Waals surface area contributed by atoms with E-state index in [0.717, 1.165) is 24.2 Å². The van der Waals surface area contributed by atoms with Crippen LogP contribution in [0.1, 0.15) is 23.5 Å². The van der Waals surface area contributed by atoms with Crippen LogP contribution in [-0.2, 0) is 14.1 Å². The van der Waals surface area contributed by atoms with E-state index < -0.39 is 5.69 Å². The van der Waals surface area contributed by atoms with Crippen LogP contribution in [0.25, 0.3) is 11.2 Å². The molecule has 8 heteroatoms. The molecule has 4 rings (SSSR count). The van der Waals surface area contributed by atoms with Crippen molar-refractivity contribution in [1.82, 2.24) is 29.3 Å². The van der Waals surface area contributed by atoms with E-state index in [1.807, 2.05) is 24.3 Å².